The first-order valence-electron chi connectivity index (χ1n) is 3.91. The average molecular weight is 198 g/mol. The molecule has 1 saturated heterocycles. The summed E-state index contributed by atoms with van der Waals surface area (Å²) in [6, 6.07) is 0. The summed E-state index contributed by atoms with van der Waals surface area (Å²) in [6.45, 7) is 4.71. The highest BCUT2D eigenvalue weighted by Crippen LogP contribution is 2.31. The van der Waals surface area contributed by atoms with Gasteiger partial charge < -0.3 is 4.90 Å². The van der Waals surface area contributed by atoms with Crippen LogP contribution in [0.3, 0.4) is 0 Å². The second-order valence-corrected chi connectivity index (χ2v) is 4.01. The molecule has 0 bridgehead atoms. The van der Waals surface area contributed by atoms with Crippen LogP contribution in [0.1, 0.15) is 19.8 Å². The first-order chi connectivity index (χ1) is 4.66. The minimum atomic E-state index is 0. The minimum Gasteiger partial charge on any atom is -0.306 e. The normalized spacial score (nSPS) is 24.3. The van der Waals surface area contributed by atoms with Crippen molar-refractivity contribution in [3.05, 3.63) is 0 Å². The van der Waals surface area contributed by atoms with Gasteiger partial charge in [-0.15, -0.1) is 24.0 Å². The Bertz CT molecular complexity index is 109. The van der Waals surface area contributed by atoms with E-state index in [2.05, 4.69) is 18.9 Å². The zero-order valence-electron chi connectivity index (χ0n) is 7.27. The van der Waals surface area contributed by atoms with Gasteiger partial charge in [-0.1, -0.05) is 6.92 Å². The van der Waals surface area contributed by atoms with Gasteiger partial charge in [0.15, 0.2) is 0 Å². The zero-order valence-corrected chi connectivity index (χ0v) is 8.84. The first kappa shape index (κ1) is 11.5. The monoisotopic (exact) mass is 197 g/mol. The third-order valence-corrected chi connectivity index (χ3v) is 3.16. The Morgan fingerprint density at radius 3 is 2.18 bits per heavy atom. The fourth-order valence-electron chi connectivity index (χ4n) is 1.29. The largest absolute Gasteiger partial charge is 0.306 e. The van der Waals surface area contributed by atoms with E-state index < -0.39 is 0 Å². The predicted octanol–water partition coefficient (Wildman–Crippen LogP) is 2.38. The highest BCUT2D eigenvalue weighted by Gasteiger charge is 2.27. The van der Waals surface area contributed by atoms with E-state index in [1.165, 1.54) is 25.9 Å². The van der Waals surface area contributed by atoms with Crippen molar-refractivity contribution in [3.8, 4) is 0 Å². The molecule has 0 aliphatic carbocycles. The molecule has 0 aromatic rings. The number of nitrogens with zero attached hydrogens (tertiary/aromatic N) is 1. The van der Waals surface area contributed by atoms with E-state index in [1.807, 2.05) is 0 Å². The van der Waals surface area contributed by atoms with Crippen molar-refractivity contribution in [2.24, 2.45) is 5.41 Å². The molecule has 1 heterocycles. The predicted molar refractivity (Wildman–Crippen MR) is 52.8 cm³/mol. The van der Waals surface area contributed by atoms with Crippen LogP contribution < -0.4 is 0 Å². The van der Waals surface area contributed by atoms with Gasteiger partial charge in [0.2, 0.25) is 0 Å². The van der Waals surface area contributed by atoms with Crippen molar-refractivity contribution < 1.29 is 0 Å². The molecule has 1 fully saturated rings. The Kier molecular flexibility index (Phi) is 4.76. The molecule has 0 atom stereocenters. The summed E-state index contributed by atoms with van der Waals surface area (Å²) in [5.41, 5.74) is 0.425. The summed E-state index contributed by atoms with van der Waals surface area (Å²) < 4.78 is 0. The molecule has 0 amide bonds. The van der Waals surface area contributed by atoms with E-state index in [0.29, 0.717) is 5.41 Å². The third kappa shape index (κ3) is 3.18. The van der Waals surface area contributed by atoms with Crippen molar-refractivity contribution in [3.63, 3.8) is 0 Å². The molecule has 0 radical (unpaired) electrons. The van der Waals surface area contributed by atoms with Crippen LogP contribution in [0.25, 0.3) is 0 Å². The van der Waals surface area contributed by atoms with Crippen LogP contribution >= 0.6 is 24.0 Å². The second-order valence-electron chi connectivity index (χ2n) is 3.75. The summed E-state index contributed by atoms with van der Waals surface area (Å²) in [5.74, 6) is 0.820. The molecule has 0 N–H and O–H groups in total. The van der Waals surface area contributed by atoms with Crippen LogP contribution in [-0.2, 0) is 0 Å². The topological polar surface area (TPSA) is 3.24 Å². The molecule has 68 valence electrons. The third-order valence-electron chi connectivity index (χ3n) is 2.52. The van der Waals surface area contributed by atoms with Gasteiger partial charge in [-0.2, -0.15) is 0 Å². The Hall–Kier alpha value is 0.540. The van der Waals surface area contributed by atoms with Crippen LogP contribution in [0.5, 0.6) is 0 Å². The van der Waals surface area contributed by atoms with E-state index in [1.54, 1.807) is 0 Å². The number of likely N-dealkylation sites (tertiary alicyclic amines) is 1. The number of halogens is 2. The number of hydrogen-bond donors (Lipinski definition) is 0. The first-order valence-corrected chi connectivity index (χ1v) is 4.44. The van der Waals surface area contributed by atoms with Gasteiger partial charge >= 0.3 is 0 Å². The van der Waals surface area contributed by atoms with Gasteiger partial charge in [-0.3, -0.25) is 0 Å². The molecule has 1 nitrogen and oxygen atoms in total. The lowest BCUT2D eigenvalue weighted by atomic mass is 9.83. The summed E-state index contributed by atoms with van der Waals surface area (Å²) in [5, 5.41) is 0. The Morgan fingerprint density at radius 1 is 1.36 bits per heavy atom. The Labute approximate surface area is 80.5 Å². The van der Waals surface area contributed by atoms with E-state index in [4.69, 9.17) is 11.6 Å². The van der Waals surface area contributed by atoms with E-state index in [9.17, 15) is 0 Å². The SMILES string of the molecule is CN1CCC(C)(CCl)CC1.Cl. The molecule has 0 saturated carbocycles. The lowest BCUT2D eigenvalue weighted by Crippen LogP contribution is -2.37. The Balaban J connectivity index is 0.000001000. The van der Waals surface area contributed by atoms with Gasteiger partial charge in [-0.25, -0.2) is 0 Å². The van der Waals surface area contributed by atoms with Gasteiger partial charge in [0, 0.05) is 5.88 Å². The smallest absolute Gasteiger partial charge is 0.0278 e. The fourth-order valence-corrected chi connectivity index (χ4v) is 1.56. The van der Waals surface area contributed by atoms with Crippen molar-refractivity contribution in [1.29, 1.82) is 0 Å². The quantitative estimate of drug-likeness (QED) is 0.584. The lowest BCUT2D eigenvalue weighted by molar-refractivity contribution is 0.159. The van der Waals surface area contributed by atoms with Crippen molar-refractivity contribution in [2.75, 3.05) is 26.0 Å². The molecule has 0 aromatic heterocycles. The van der Waals surface area contributed by atoms with Crippen LogP contribution in [0.4, 0.5) is 0 Å². The summed E-state index contributed by atoms with van der Waals surface area (Å²) >= 11 is 5.85. The molecular formula is C8H17Cl2N. The zero-order chi connectivity index (χ0) is 7.61. The van der Waals surface area contributed by atoms with Gasteiger partial charge in [0.25, 0.3) is 0 Å². The van der Waals surface area contributed by atoms with Crippen molar-refractivity contribution in [1.82, 2.24) is 4.90 Å². The average Bonchev–Trinajstić information content (AvgIpc) is 1.96. The molecule has 11 heavy (non-hydrogen) atoms. The molecule has 0 spiro atoms. The van der Waals surface area contributed by atoms with Crippen molar-refractivity contribution in [2.45, 2.75) is 19.8 Å². The summed E-state index contributed by atoms with van der Waals surface area (Å²) in [7, 11) is 2.17. The molecule has 3 heteroatoms. The maximum Gasteiger partial charge on any atom is 0.0278 e. The van der Waals surface area contributed by atoms with E-state index >= 15 is 0 Å². The highest BCUT2D eigenvalue weighted by molar-refractivity contribution is 6.18. The molecule has 0 aromatic carbocycles. The molecular weight excluding hydrogens is 181 g/mol. The standard InChI is InChI=1S/C8H16ClN.ClH/c1-8(7-9)3-5-10(2)6-4-8;/h3-7H2,1-2H3;1H. The highest BCUT2D eigenvalue weighted by atomic mass is 35.5. The van der Waals surface area contributed by atoms with Gasteiger partial charge in [0.05, 0.1) is 0 Å². The van der Waals surface area contributed by atoms with Gasteiger partial charge in [-0.05, 0) is 38.4 Å². The summed E-state index contributed by atoms with van der Waals surface area (Å²) in [6.07, 6.45) is 2.51. The second kappa shape index (κ2) is 4.54. The maximum absolute atomic E-state index is 5.85. The molecule has 1 aliphatic heterocycles. The number of alkyl halides is 1. The number of piperidine rings is 1. The van der Waals surface area contributed by atoms with Gasteiger partial charge in [0.1, 0.15) is 0 Å². The van der Waals surface area contributed by atoms with Crippen molar-refractivity contribution >= 4 is 24.0 Å². The van der Waals surface area contributed by atoms with Crippen LogP contribution in [0, 0.1) is 5.41 Å². The molecule has 1 rings (SSSR count). The Morgan fingerprint density at radius 2 is 1.82 bits per heavy atom. The minimum absolute atomic E-state index is 0. The van der Waals surface area contributed by atoms with E-state index in [0.717, 1.165) is 5.88 Å². The molecule has 0 unspecified atom stereocenters. The van der Waals surface area contributed by atoms with E-state index in [-0.39, 0.29) is 12.4 Å². The van der Waals surface area contributed by atoms with Crippen LogP contribution in [-0.4, -0.2) is 30.9 Å². The fraction of sp³-hybridized carbons (Fsp3) is 1.00. The van der Waals surface area contributed by atoms with Crippen LogP contribution in [0.15, 0.2) is 0 Å². The molecule has 1 aliphatic rings. The number of rotatable bonds is 1. The maximum atomic E-state index is 5.85. The number of hydrogen-bond acceptors (Lipinski definition) is 1. The summed E-state index contributed by atoms with van der Waals surface area (Å²) in [4.78, 5) is 2.37. The lowest BCUT2D eigenvalue weighted by Gasteiger charge is -2.36. The van der Waals surface area contributed by atoms with Crippen LogP contribution in [0.2, 0.25) is 0 Å².